The molecule has 17 heavy (non-hydrogen) atoms. The summed E-state index contributed by atoms with van der Waals surface area (Å²) in [6.45, 7) is 3.56. The van der Waals surface area contributed by atoms with Crippen molar-refractivity contribution in [2.75, 3.05) is 6.61 Å². The molecule has 1 amide bonds. The highest BCUT2D eigenvalue weighted by Crippen LogP contribution is 2.11. The number of carbonyl (C=O) groups excluding carboxylic acids is 1. The highest BCUT2D eigenvalue weighted by atomic mass is 19.1. The van der Waals surface area contributed by atoms with E-state index in [1.54, 1.807) is 6.07 Å². The second kappa shape index (κ2) is 6.62. The van der Waals surface area contributed by atoms with Crippen LogP contribution in [0.25, 0.3) is 0 Å². The van der Waals surface area contributed by atoms with Crippen molar-refractivity contribution in [3.63, 3.8) is 0 Å². The van der Waals surface area contributed by atoms with Gasteiger partial charge in [0, 0.05) is 11.8 Å². The van der Waals surface area contributed by atoms with Crippen LogP contribution < -0.4 is 10.2 Å². The van der Waals surface area contributed by atoms with Crippen LogP contribution in [0.5, 0.6) is 5.75 Å². The molecule has 4 nitrogen and oxygen atoms in total. The summed E-state index contributed by atoms with van der Waals surface area (Å²) in [6.07, 6.45) is 0.769. The maximum absolute atomic E-state index is 12.8. The van der Waals surface area contributed by atoms with Gasteiger partial charge < -0.3 is 4.74 Å². The van der Waals surface area contributed by atoms with Gasteiger partial charge in [-0.3, -0.25) is 4.79 Å². The Balaban J connectivity index is 2.38. The number of halogens is 1. The maximum Gasteiger partial charge on any atom is 0.277 e. The summed E-state index contributed by atoms with van der Waals surface area (Å²) in [5.41, 5.74) is 3.17. The molecular weight excluding hydrogens is 223 g/mol. The molecule has 1 rings (SSSR count). The lowest BCUT2D eigenvalue weighted by Gasteiger charge is -2.05. The van der Waals surface area contributed by atoms with Crippen LogP contribution in [0.1, 0.15) is 20.3 Å². The predicted molar refractivity (Wildman–Crippen MR) is 63.4 cm³/mol. The normalized spacial score (nSPS) is 11.1. The highest BCUT2D eigenvalue weighted by Gasteiger charge is 2.02. The first kappa shape index (κ1) is 13.2. The quantitative estimate of drug-likeness (QED) is 0.631. The topological polar surface area (TPSA) is 50.7 Å². The molecule has 0 saturated heterocycles. The van der Waals surface area contributed by atoms with E-state index in [2.05, 4.69) is 10.5 Å². The molecular formula is C12H15FN2O2. The monoisotopic (exact) mass is 238 g/mol. The SMILES string of the molecule is CC/C(C)=N\NC(=O)COc1cccc(F)c1. The van der Waals surface area contributed by atoms with Gasteiger partial charge in [0.1, 0.15) is 11.6 Å². The summed E-state index contributed by atoms with van der Waals surface area (Å²) in [6, 6.07) is 5.62. The standard InChI is InChI=1S/C12H15FN2O2/c1-3-9(2)14-15-12(16)8-17-11-6-4-5-10(13)7-11/h4-7H,3,8H2,1-2H3,(H,15,16)/b14-9-. The first-order valence-electron chi connectivity index (χ1n) is 5.32. The summed E-state index contributed by atoms with van der Waals surface area (Å²) in [7, 11) is 0. The fraction of sp³-hybridized carbons (Fsp3) is 0.333. The Bertz CT molecular complexity index is 419. The third kappa shape index (κ3) is 5.10. The van der Waals surface area contributed by atoms with E-state index in [0.717, 1.165) is 12.1 Å². The van der Waals surface area contributed by atoms with Gasteiger partial charge in [0.05, 0.1) is 0 Å². The van der Waals surface area contributed by atoms with E-state index in [1.165, 1.54) is 18.2 Å². The van der Waals surface area contributed by atoms with Crippen molar-refractivity contribution in [2.24, 2.45) is 5.10 Å². The number of amides is 1. The minimum absolute atomic E-state index is 0.191. The number of carbonyl (C=O) groups is 1. The van der Waals surface area contributed by atoms with Gasteiger partial charge in [0.15, 0.2) is 6.61 Å². The fourth-order valence-electron chi connectivity index (χ4n) is 0.975. The van der Waals surface area contributed by atoms with Gasteiger partial charge in [-0.1, -0.05) is 13.0 Å². The second-order valence-corrected chi connectivity index (χ2v) is 3.48. The van der Waals surface area contributed by atoms with E-state index in [1.807, 2.05) is 13.8 Å². The molecule has 0 aromatic heterocycles. The number of benzene rings is 1. The van der Waals surface area contributed by atoms with Crippen LogP contribution in [0.4, 0.5) is 4.39 Å². The summed E-state index contributed by atoms with van der Waals surface area (Å²) in [5.74, 6) is -0.457. The molecule has 0 bridgehead atoms. The lowest BCUT2D eigenvalue weighted by molar-refractivity contribution is -0.123. The van der Waals surface area contributed by atoms with E-state index in [-0.39, 0.29) is 12.5 Å². The van der Waals surface area contributed by atoms with E-state index in [9.17, 15) is 9.18 Å². The van der Waals surface area contributed by atoms with Crippen molar-refractivity contribution < 1.29 is 13.9 Å². The Hall–Kier alpha value is -1.91. The molecule has 1 aromatic rings. The summed E-state index contributed by atoms with van der Waals surface area (Å²) >= 11 is 0. The molecule has 5 heteroatoms. The molecule has 0 atom stereocenters. The van der Waals surface area contributed by atoms with Crippen molar-refractivity contribution >= 4 is 11.6 Å². The van der Waals surface area contributed by atoms with Crippen molar-refractivity contribution in [2.45, 2.75) is 20.3 Å². The Morgan fingerprint density at radius 3 is 2.94 bits per heavy atom. The Morgan fingerprint density at radius 2 is 2.29 bits per heavy atom. The minimum atomic E-state index is -0.400. The third-order valence-electron chi connectivity index (χ3n) is 2.05. The lowest BCUT2D eigenvalue weighted by atomic mass is 10.3. The molecule has 1 aromatic carbocycles. The first-order chi connectivity index (χ1) is 8.11. The van der Waals surface area contributed by atoms with Gasteiger partial charge in [-0.05, 0) is 25.5 Å². The van der Waals surface area contributed by atoms with Crippen molar-refractivity contribution in [1.29, 1.82) is 0 Å². The average molecular weight is 238 g/mol. The number of rotatable bonds is 5. The molecule has 0 heterocycles. The summed E-state index contributed by atoms with van der Waals surface area (Å²) in [4.78, 5) is 11.3. The number of hydrogen-bond acceptors (Lipinski definition) is 3. The fourth-order valence-corrected chi connectivity index (χ4v) is 0.975. The van der Waals surface area contributed by atoms with Crippen LogP contribution >= 0.6 is 0 Å². The molecule has 0 aliphatic carbocycles. The van der Waals surface area contributed by atoms with Crippen LogP contribution in [-0.2, 0) is 4.79 Å². The molecule has 0 aliphatic rings. The molecule has 0 aliphatic heterocycles. The van der Waals surface area contributed by atoms with Crippen LogP contribution in [0.2, 0.25) is 0 Å². The molecule has 0 fully saturated rings. The van der Waals surface area contributed by atoms with E-state index >= 15 is 0 Å². The summed E-state index contributed by atoms with van der Waals surface area (Å²) in [5, 5.41) is 3.84. The van der Waals surface area contributed by atoms with Crippen LogP contribution in [0.3, 0.4) is 0 Å². The molecule has 0 unspecified atom stereocenters. The minimum Gasteiger partial charge on any atom is -0.484 e. The van der Waals surface area contributed by atoms with E-state index in [0.29, 0.717) is 5.75 Å². The maximum atomic E-state index is 12.8. The van der Waals surface area contributed by atoms with Gasteiger partial charge in [-0.15, -0.1) is 0 Å². The zero-order valence-corrected chi connectivity index (χ0v) is 9.87. The van der Waals surface area contributed by atoms with Crippen molar-refractivity contribution in [3.05, 3.63) is 30.1 Å². The summed E-state index contributed by atoms with van der Waals surface area (Å²) < 4.78 is 17.9. The number of nitrogens with one attached hydrogen (secondary N) is 1. The van der Waals surface area contributed by atoms with Gasteiger partial charge in [-0.25, -0.2) is 9.82 Å². The van der Waals surface area contributed by atoms with Gasteiger partial charge in [-0.2, -0.15) is 5.10 Å². The third-order valence-corrected chi connectivity index (χ3v) is 2.05. The van der Waals surface area contributed by atoms with Crippen molar-refractivity contribution in [3.8, 4) is 5.75 Å². The zero-order chi connectivity index (χ0) is 12.7. The van der Waals surface area contributed by atoms with E-state index in [4.69, 9.17) is 4.74 Å². The second-order valence-electron chi connectivity index (χ2n) is 3.48. The zero-order valence-electron chi connectivity index (χ0n) is 9.87. The highest BCUT2D eigenvalue weighted by molar-refractivity contribution is 5.84. The van der Waals surface area contributed by atoms with Crippen LogP contribution in [0, 0.1) is 5.82 Å². The van der Waals surface area contributed by atoms with Gasteiger partial charge in [0.2, 0.25) is 0 Å². The average Bonchev–Trinajstić information content (AvgIpc) is 2.33. The Kier molecular flexibility index (Phi) is 5.13. The molecule has 0 saturated carbocycles. The van der Waals surface area contributed by atoms with Crippen molar-refractivity contribution in [1.82, 2.24) is 5.43 Å². The first-order valence-corrected chi connectivity index (χ1v) is 5.32. The van der Waals surface area contributed by atoms with Gasteiger partial charge in [0.25, 0.3) is 5.91 Å². The molecule has 0 spiro atoms. The number of hydrazone groups is 1. The molecule has 92 valence electrons. The largest absolute Gasteiger partial charge is 0.484 e. The number of ether oxygens (including phenoxy) is 1. The smallest absolute Gasteiger partial charge is 0.277 e. The molecule has 1 N–H and O–H groups in total. The van der Waals surface area contributed by atoms with Crippen LogP contribution in [-0.4, -0.2) is 18.2 Å². The Morgan fingerprint density at radius 1 is 1.53 bits per heavy atom. The number of hydrogen-bond donors (Lipinski definition) is 1. The predicted octanol–water partition coefficient (Wildman–Crippen LogP) is 2.11. The Labute approximate surface area is 99.5 Å². The van der Waals surface area contributed by atoms with Gasteiger partial charge >= 0.3 is 0 Å². The lowest BCUT2D eigenvalue weighted by Crippen LogP contribution is -2.25. The van der Waals surface area contributed by atoms with E-state index < -0.39 is 5.82 Å². The van der Waals surface area contributed by atoms with Crippen LogP contribution in [0.15, 0.2) is 29.4 Å². The number of nitrogens with zero attached hydrogens (tertiary/aromatic N) is 1. The molecule has 0 radical (unpaired) electrons.